The Hall–Kier alpha value is -1.12. The van der Waals surface area contributed by atoms with E-state index in [2.05, 4.69) is 9.97 Å². The van der Waals surface area contributed by atoms with E-state index >= 15 is 0 Å². The molecular weight excluding hydrogens is 243 g/mol. The lowest BCUT2D eigenvalue weighted by Gasteiger charge is -2.10. The molecule has 0 saturated heterocycles. The van der Waals surface area contributed by atoms with Crippen LogP contribution in [0.25, 0.3) is 0 Å². The second-order valence-corrected chi connectivity index (χ2v) is 4.35. The van der Waals surface area contributed by atoms with Crippen LogP contribution in [0, 0.1) is 0 Å². The molecule has 0 spiro atoms. The molecule has 2 rings (SSSR count). The van der Waals surface area contributed by atoms with Gasteiger partial charge in [-0.2, -0.15) is 0 Å². The zero-order chi connectivity index (χ0) is 11.4. The maximum Gasteiger partial charge on any atom is 0.0627 e. The molecule has 4 heteroatoms. The van der Waals surface area contributed by atoms with Gasteiger partial charge in [-0.05, 0) is 35.7 Å². The third-order valence-corrected chi connectivity index (χ3v) is 3.07. The molecule has 0 N–H and O–H groups in total. The molecule has 0 aliphatic heterocycles. The molecule has 2 nitrogen and oxygen atoms in total. The van der Waals surface area contributed by atoms with Crippen molar-refractivity contribution < 1.29 is 0 Å². The van der Waals surface area contributed by atoms with Crippen molar-refractivity contribution in [1.29, 1.82) is 0 Å². The third-order valence-electron chi connectivity index (χ3n) is 2.32. The Morgan fingerprint density at radius 2 is 1.75 bits per heavy atom. The van der Waals surface area contributed by atoms with E-state index in [1.165, 1.54) is 0 Å². The van der Waals surface area contributed by atoms with Crippen molar-refractivity contribution in [3.63, 3.8) is 0 Å². The topological polar surface area (TPSA) is 25.8 Å². The molecule has 0 bridgehead atoms. The van der Waals surface area contributed by atoms with Gasteiger partial charge in [-0.25, -0.2) is 0 Å². The van der Waals surface area contributed by atoms with Crippen LogP contribution in [-0.4, -0.2) is 9.97 Å². The fourth-order valence-corrected chi connectivity index (χ4v) is 1.96. The minimum Gasteiger partial charge on any atom is -0.265 e. The van der Waals surface area contributed by atoms with Crippen LogP contribution in [0.1, 0.15) is 16.5 Å². The molecule has 0 saturated carbocycles. The van der Waals surface area contributed by atoms with Gasteiger partial charge in [0.1, 0.15) is 0 Å². The normalized spacial score (nSPS) is 12.4. The van der Waals surface area contributed by atoms with Gasteiger partial charge in [-0.15, -0.1) is 11.6 Å². The molecule has 2 aromatic heterocycles. The summed E-state index contributed by atoms with van der Waals surface area (Å²) in [4.78, 5) is 7.90. The molecule has 0 aliphatic carbocycles. The summed E-state index contributed by atoms with van der Waals surface area (Å²) in [5, 5.41) is 0.560. The van der Waals surface area contributed by atoms with Gasteiger partial charge in [0, 0.05) is 24.8 Å². The van der Waals surface area contributed by atoms with Crippen LogP contribution in [0.15, 0.2) is 43.0 Å². The first-order chi connectivity index (χ1) is 7.77. The molecule has 2 aromatic rings. The second-order valence-electron chi connectivity index (χ2n) is 3.42. The number of pyridine rings is 2. The predicted molar refractivity (Wildman–Crippen MR) is 65.8 cm³/mol. The van der Waals surface area contributed by atoms with E-state index in [0.717, 1.165) is 11.1 Å². The molecular formula is C12H10Cl2N2. The molecule has 0 amide bonds. The zero-order valence-corrected chi connectivity index (χ0v) is 9.99. The molecule has 1 unspecified atom stereocenters. The van der Waals surface area contributed by atoms with Gasteiger partial charge in [0.05, 0.1) is 10.4 Å². The number of nitrogens with zero attached hydrogens (tertiary/aromatic N) is 2. The Labute approximate surface area is 104 Å². The maximum atomic E-state index is 6.31. The van der Waals surface area contributed by atoms with Gasteiger partial charge in [-0.3, -0.25) is 9.97 Å². The Bertz CT molecular complexity index is 460. The Morgan fingerprint density at radius 1 is 1.06 bits per heavy atom. The second kappa shape index (κ2) is 5.28. The Balaban J connectivity index is 2.14. The molecule has 16 heavy (non-hydrogen) atoms. The van der Waals surface area contributed by atoms with Gasteiger partial charge in [0.15, 0.2) is 0 Å². The van der Waals surface area contributed by atoms with Gasteiger partial charge < -0.3 is 0 Å². The average Bonchev–Trinajstić information content (AvgIpc) is 2.33. The summed E-state index contributed by atoms with van der Waals surface area (Å²) in [5.74, 6) is 0. The first kappa shape index (κ1) is 11.4. The van der Waals surface area contributed by atoms with Crippen molar-refractivity contribution >= 4 is 23.2 Å². The fraction of sp³-hybridized carbons (Fsp3) is 0.167. The summed E-state index contributed by atoms with van der Waals surface area (Å²) in [6.07, 6.45) is 7.51. The van der Waals surface area contributed by atoms with Crippen molar-refractivity contribution in [3.05, 3.63) is 59.1 Å². The highest BCUT2D eigenvalue weighted by Gasteiger charge is 2.10. The lowest BCUT2D eigenvalue weighted by atomic mass is 10.1. The number of alkyl halides is 1. The third kappa shape index (κ3) is 2.71. The van der Waals surface area contributed by atoms with Crippen molar-refractivity contribution in [2.24, 2.45) is 0 Å². The summed E-state index contributed by atoms with van der Waals surface area (Å²) in [7, 11) is 0. The standard InChI is InChI=1S/C12H10Cl2N2/c13-11(9-1-4-15-5-2-9)7-10-3-6-16-8-12(10)14/h1-6,8,11H,7H2. The van der Waals surface area contributed by atoms with Crippen LogP contribution in [-0.2, 0) is 6.42 Å². The molecule has 0 aromatic carbocycles. The average molecular weight is 253 g/mol. The van der Waals surface area contributed by atoms with Crippen LogP contribution in [0.4, 0.5) is 0 Å². The van der Waals surface area contributed by atoms with Crippen molar-refractivity contribution in [2.75, 3.05) is 0 Å². The van der Waals surface area contributed by atoms with Gasteiger partial charge in [0.25, 0.3) is 0 Å². The maximum absolute atomic E-state index is 6.31. The van der Waals surface area contributed by atoms with Crippen LogP contribution < -0.4 is 0 Å². The summed E-state index contributed by atoms with van der Waals surface area (Å²) in [6, 6.07) is 5.71. The van der Waals surface area contributed by atoms with Gasteiger partial charge in [-0.1, -0.05) is 11.6 Å². The summed E-state index contributed by atoms with van der Waals surface area (Å²) < 4.78 is 0. The molecule has 0 radical (unpaired) electrons. The summed E-state index contributed by atoms with van der Waals surface area (Å²) >= 11 is 12.3. The Kier molecular flexibility index (Phi) is 3.75. The minimum atomic E-state index is -0.0945. The van der Waals surface area contributed by atoms with E-state index < -0.39 is 0 Å². The fourth-order valence-electron chi connectivity index (χ4n) is 1.45. The monoisotopic (exact) mass is 252 g/mol. The molecule has 1 atom stereocenters. The van der Waals surface area contributed by atoms with Crippen molar-refractivity contribution in [3.8, 4) is 0 Å². The number of halogens is 2. The van der Waals surface area contributed by atoms with Crippen molar-refractivity contribution in [2.45, 2.75) is 11.8 Å². The van der Waals surface area contributed by atoms with E-state index in [-0.39, 0.29) is 5.38 Å². The number of hydrogen-bond acceptors (Lipinski definition) is 2. The van der Waals surface area contributed by atoms with E-state index in [1.54, 1.807) is 24.8 Å². The Morgan fingerprint density at radius 3 is 2.44 bits per heavy atom. The number of rotatable bonds is 3. The first-order valence-electron chi connectivity index (χ1n) is 4.90. The van der Waals surface area contributed by atoms with Crippen molar-refractivity contribution in [1.82, 2.24) is 9.97 Å². The van der Waals surface area contributed by atoms with Crippen LogP contribution in [0.2, 0.25) is 5.02 Å². The van der Waals surface area contributed by atoms with E-state index in [4.69, 9.17) is 23.2 Å². The van der Waals surface area contributed by atoms with E-state index in [0.29, 0.717) is 11.4 Å². The number of hydrogen-bond donors (Lipinski definition) is 0. The molecule has 2 heterocycles. The summed E-state index contributed by atoms with van der Waals surface area (Å²) in [6.45, 7) is 0. The van der Waals surface area contributed by atoms with Crippen LogP contribution in [0.5, 0.6) is 0 Å². The van der Waals surface area contributed by atoms with E-state index in [9.17, 15) is 0 Å². The van der Waals surface area contributed by atoms with Crippen LogP contribution in [0.3, 0.4) is 0 Å². The van der Waals surface area contributed by atoms with E-state index in [1.807, 2.05) is 18.2 Å². The lowest BCUT2D eigenvalue weighted by molar-refractivity contribution is 0.912. The SMILES string of the molecule is Clc1cnccc1CC(Cl)c1ccncc1. The molecule has 0 fully saturated rings. The van der Waals surface area contributed by atoms with Gasteiger partial charge in [0.2, 0.25) is 0 Å². The quantitative estimate of drug-likeness (QED) is 0.780. The van der Waals surface area contributed by atoms with Gasteiger partial charge >= 0.3 is 0 Å². The smallest absolute Gasteiger partial charge is 0.0627 e. The molecule has 82 valence electrons. The largest absolute Gasteiger partial charge is 0.265 e. The number of aromatic nitrogens is 2. The lowest BCUT2D eigenvalue weighted by Crippen LogP contribution is -1.97. The first-order valence-corrected chi connectivity index (χ1v) is 5.71. The minimum absolute atomic E-state index is 0.0945. The predicted octanol–water partition coefficient (Wildman–Crippen LogP) is 3.65. The van der Waals surface area contributed by atoms with Crippen LogP contribution >= 0.6 is 23.2 Å². The highest BCUT2D eigenvalue weighted by molar-refractivity contribution is 6.31. The highest BCUT2D eigenvalue weighted by atomic mass is 35.5. The summed E-state index contributed by atoms with van der Waals surface area (Å²) in [5.41, 5.74) is 2.05. The zero-order valence-electron chi connectivity index (χ0n) is 8.48. The molecule has 0 aliphatic rings. The highest BCUT2D eigenvalue weighted by Crippen LogP contribution is 2.27.